The monoisotopic (exact) mass is 633 g/mol. The zero-order valence-electron chi connectivity index (χ0n) is 24.7. The van der Waals surface area contributed by atoms with Gasteiger partial charge in [-0.2, -0.15) is 0 Å². The van der Waals surface area contributed by atoms with E-state index in [0.717, 1.165) is 0 Å². The molecule has 3 aromatic rings. The number of fused-ring (bicyclic) bond motifs is 1. The van der Waals surface area contributed by atoms with Gasteiger partial charge in [0, 0.05) is 47.0 Å². The van der Waals surface area contributed by atoms with Crippen LogP contribution >= 0.6 is 24.0 Å². The normalized spacial score (nSPS) is 16.5. The highest BCUT2D eigenvalue weighted by molar-refractivity contribution is 6.30. The van der Waals surface area contributed by atoms with Crippen molar-refractivity contribution in [3.63, 3.8) is 0 Å². The molecule has 3 aromatic carbocycles. The molecular weight excluding hydrogens is 596 g/mol. The summed E-state index contributed by atoms with van der Waals surface area (Å²) in [5, 5.41) is 3.18. The number of nitrogens with one attached hydrogen (secondary N) is 1. The number of nitrogens with zero attached hydrogens (tertiary/aromatic N) is 1. The third kappa shape index (κ3) is 8.38. The fraction of sp³-hybridized carbons (Fsp3) is 0.375. The minimum absolute atomic E-state index is 0. The van der Waals surface area contributed by atoms with E-state index < -0.39 is 23.9 Å². The molecule has 2 unspecified atom stereocenters. The molecule has 232 valence electrons. The smallest absolute Gasteiger partial charge is 0.256 e. The predicted molar refractivity (Wildman–Crippen MR) is 168 cm³/mol. The van der Waals surface area contributed by atoms with Gasteiger partial charge in [-0.05, 0) is 35.7 Å². The van der Waals surface area contributed by atoms with Gasteiger partial charge in [0.2, 0.25) is 5.91 Å². The number of para-hydroxylation sites is 1. The number of benzene rings is 3. The van der Waals surface area contributed by atoms with Crippen LogP contribution in [0.1, 0.15) is 50.0 Å². The molecule has 0 saturated carbocycles. The summed E-state index contributed by atoms with van der Waals surface area (Å²) in [4.78, 5) is 28.9. The van der Waals surface area contributed by atoms with E-state index in [-0.39, 0.29) is 43.3 Å². The van der Waals surface area contributed by atoms with Crippen LogP contribution in [0, 0.1) is 11.2 Å². The van der Waals surface area contributed by atoms with Crippen LogP contribution in [0.3, 0.4) is 0 Å². The van der Waals surface area contributed by atoms with Gasteiger partial charge in [-0.1, -0.05) is 62.7 Å². The Bertz CT molecular complexity index is 1430. The molecule has 4 rings (SSSR count). The standard InChI is InChI=1S/C32H37ClFN3O5.ClH/c1-32(2,3)19-37-25-13-12-21(33)16-23(25)29(22-9-7-11-26(30(22)40-4)41-15-14-35)42-27(31(37)39)17-28(38)36-18-20-8-5-6-10-24(20)34;/h5-13,16,27,29H,14-15,17-19,35H2,1-4H3,(H,36,38);1H. The molecule has 1 aliphatic rings. The van der Waals surface area contributed by atoms with E-state index in [9.17, 15) is 14.0 Å². The van der Waals surface area contributed by atoms with Crippen molar-refractivity contribution in [2.75, 3.05) is 31.7 Å². The largest absolute Gasteiger partial charge is 0.492 e. The summed E-state index contributed by atoms with van der Waals surface area (Å²) in [6, 6.07) is 16.9. The molecule has 0 aromatic heterocycles. The Morgan fingerprint density at radius 3 is 2.53 bits per heavy atom. The SMILES string of the molecule is COc1c(OCCN)cccc1C1OC(CC(=O)NCc2ccccc2F)C(=O)N(CC(C)(C)C)c2ccc(Cl)cc21.Cl. The lowest BCUT2D eigenvalue weighted by molar-refractivity contribution is -0.138. The summed E-state index contributed by atoms with van der Waals surface area (Å²) in [7, 11) is 1.52. The fourth-order valence-corrected chi connectivity index (χ4v) is 5.08. The topological polar surface area (TPSA) is 103 Å². The first-order chi connectivity index (χ1) is 20.0. The number of halogens is 3. The van der Waals surface area contributed by atoms with Gasteiger partial charge in [0.05, 0.1) is 13.5 Å². The summed E-state index contributed by atoms with van der Waals surface area (Å²) < 4.78 is 32.3. The minimum Gasteiger partial charge on any atom is -0.492 e. The lowest BCUT2D eigenvalue weighted by Crippen LogP contribution is -2.45. The van der Waals surface area contributed by atoms with Crippen LogP contribution in [0.15, 0.2) is 60.7 Å². The molecule has 0 aliphatic carbocycles. The molecule has 3 N–H and O–H groups in total. The first-order valence-corrected chi connectivity index (χ1v) is 14.2. The molecule has 0 saturated heterocycles. The first kappa shape index (κ1) is 34.1. The van der Waals surface area contributed by atoms with Gasteiger partial charge in [0.25, 0.3) is 5.91 Å². The van der Waals surface area contributed by atoms with Crippen molar-refractivity contribution in [2.24, 2.45) is 11.1 Å². The zero-order valence-corrected chi connectivity index (χ0v) is 26.3. The van der Waals surface area contributed by atoms with E-state index in [1.807, 2.05) is 26.8 Å². The number of carbonyl (C=O) groups excluding carboxylic acids is 2. The average Bonchev–Trinajstić information content (AvgIpc) is 3.05. The maximum absolute atomic E-state index is 14.2. The van der Waals surface area contributed by atoms with Gasteiger partial charge in [0.1, 0.15) is 24.6 Å². The Morgan fingerprint density at radius 1 is 1.12 bits per heavy atom. The van der Waals surface area contributed by atoms with Crippen LogP contribution in [-0.2, 0) is 20.9 Å². The fourth-order valence-electron chi connectivity index (χ4n) is 4.90. The van der Waals surface area contributed by atoms with E-state index in [2.05, 4.69) is 5.32 Å². The molecule has 0 fully saturated rings. The molecule has 11 heteroatoms. The number of hydrogen-bond donors (Lipinski definition) is 2. The molecule has 0 spiro atoms. The number of methoxy groups -OCH3 is 1. The Kier molecular flexibility index (Phi) is 11.8. The van der Waals surface area contributed by atoms with E-state index in [1.54, 1.807) is 53.4 Å². The summed E-state index contributed by atoms with van der Waals surface area (Å²) in [5.74, 6) is -0.365. The molecule has 43 heavy (non-hydrogen) atoms. The maximum Gasteiger partial charge on any atom is 0.256 e. The van der Waals surface area contributed by atoms with Crippen molar-refractivity contribution in [3.8, 4) is 11.5 Å². The third-order valence-electron chi connectivity index (χ3n) is 6.71. The molecule has 2 amide bonds. The van der Waals surface area contributed by atoms with Crippen molar-refractivity contribution in [1.82, 2.24) is 5.32 Å². The molecule has 2 atom stereocenters. The quantitative estimate of drug-likeness (QED) is 0.292. The van der Waals surface area contributed by atoms with Gasteiger partial charge >= 0.3 is 0 Å². The molecule has 8 nitrogen and oxygen atoms in total. The summed E-state index contributed by atoms with van der Waals surface area (Å²) in [5.41, 5.74) is 7.57. The van der Waals surface area contributed by atoms with Crippen LogP contribution in [-0.4, -0.2) is 44.7 Å². The Labute approximate surface area is 263 Å². The van der Waals surface area contributed by atoms with Crippen LogP contribution in [0.5, 0.6) is 11.5 Å². The Morgan fingerprint density at radius 2 is 1.86 bits per heavy atom. The minimum atomic E-state index is -1.16. The van der Waals surface area contributed by atoms with Crippen molar-refractivity contribution in [1.29, 1.82) is 0 Å². The number of nitrogens with two attached hydrogens (primary N) is 1. The molecular formula is C32H38Cl2FN3O5. The number of rotatable bonds is 10. The summed E-state index contributed by atoms with van der Waals surface area (Å²) in [6.45, 7) is 7.00. The summed E-state index contributed by atoms with van der Waals surface area (Å²) >= 11 is 6.48. The molecule has 1 heterocycles. The van der Waals surface area contributed by atoms with Crippen molar-refractivity contribution < 1.29 is 28.2 Å². The van der Waals surface area contributed by atoms with Gasteiger partial charge in [-0.15, -0.1) is 12.4 Å². The number of anilines is 1. The number of ether oxygens (including phenoxy) is 3. The lowest BCUT2D eigenvalue weighted by atomic mass is 9.94. The predicted octanol–water partition coefficient (Wildman–Crippen LogP) is 5.82. The van der Waals surface area contributed by atoms with Gasteiger partial charge in [-0.25, -0.2) is 4.39 Å². The second-order valence-corrected chi connectivity index (χ2v) is 11.7. The lowest BCUT2D eigenvalue weighted by Gasteiger charge is -2.31. The van der Waals surface area contributed by atoms with Crippen LogP contribution in [0.4, 0.5) is 10.1 Å². The third-order valence-corrected chi connectivity index (χ3v) is 6.95. The van der Waals surface area contributed by atoms with Crippen molar-refractivity contribution in [2.45, 2.75) is 45.9 Å². The highest BCUT2D eigenvalue weighted by Crippen LogP contribution is 2.45. The molecule has 0 bridgehead atoms. The van der Waals surface area contributed by atoms with Crippen molar-refractivity contribution in [3.05, 3.63) is 88.2 Å². The Hall–Kier alpha value is -3.37. The average molecular weight is 635 g/mol. The van der Waals surface area contributed by atoms with Crippen LogP contribution in [0.25, 0.3) is 0 Å². The van der Waals surface area contributed by atoms with Gasteiger partial charge in [-0.3, -0.25) is 9.59 Å². The van der Waals surface area contributed by atoms with E-state index in [1.165, 1.54) is 13.2 Å². The number of amides is 2. The first-order valence-electron chi connectivity index (χ1n) is 13.8. The second kappa shape index (κ2) is 14.9. The van der Waals surface area contributed by atoms with Crippen molar-refractivity contribution >= 4 is 41.5 Å². The van der Waals surface area contributed by atoms with Crippen LogP contribution in [0.2, 0.25) is 5.02 Å². The van der Waals surface area contributed by atoms with E-state index >= 15 is 0 Å². The Balaban J connectivity index is 0.00000506. The molecule has 1 aliphatic heterocycles. The zero-order chi connectivity index (χ0) is 30.4. The van der Waals surface area contributed by atoms with Gasteiger partial charge in [0.15, 0.2) is 11.5 Å². The van der Waals surface area contributed by atoms with E-state index in [4.69, 9.17) is 31.5 Å². The number of hydrogen-bond acceptors (Lipinski definition) is 6. The van der Waals surface area contributed by atoms with Gasteiger partial charge < -0.3 is 30.2 Å². The van der Waals surface area contributed by atoms with Crippen LogP contribution < -0.4 is 25.4 Å². The van der Waals surface area contributed by atoms with E-state index in [0.29, 0.717) is 52.0 Å². The maximum atomic E-state index is 14.2. The summed E-state index contributed by atoms with van der Waals surface area (Å²) in [6.07, 6.45) is -2.28. The number of carbonyl (C=O) groups is 2. The highest BCUT2D eigenvalue weighted by atomic mass is 35.5. The second-order valence-electron chi connectivity index (χ2n) is 11.3. The highest BCUT2D eigenvalue weighted by Gasteiger charge is 2.40. The molecule has 0 radical (unpaired) electrons.